The molecule has 1 aliphatic heterocycles. The van der Waals surface area contributed by atoms with E-state index >= 15 is 0 Å². The van der Waals surface area contributed by atoms with Crippen molar-refractivity contribution >= 4 is 34.9 Å². The number of carbonyl (C=O) groups is 1. The molecular formula is C24H35Cl2N3O3. The Balaban J connectivity index is 1.40. The van der Waals surface area contributed by atoms with Crippen molar-refractivity contribution in [3.05, 3.63) is 28.2 Å². The van der Waals surface area contributed by atoms with Gasteiger partial charge in [-0.25, -0.2) is 4.79 Å². The first-order valence-corrected chi connectivity index (χ1v) is 12.4. The van der Waals surface area contributed by atoms with Gasteiger partial charge in [0.25, 0.3) is 0 Å². The lowest BCUT2D eigenvalue weighted by Gasteiger charge is -2.50. The van der Waals surface area contributed by atoms with E-state index in [4.69, 9.17) is 32.7 Å². The fourth-order valence-corrected chi connectivity index (χ4v) is 6.96. The second-order valence-electron chi connectivity index (χ2n) is 9.88. The molecule has 1 saturated heterocycles. The molecule has 1 aromatic rings. The second-order valence-corrected chi connectivity index (χ2v) is 10.7. The number of methoxy groups -OCH3 is 2. The van der Waals surface area contributed by atoms with Crippen LogP contribution in [0, 0.1) is 17.3 Å². The normalized spacial score (nSPS) is 35.3. The molecule has 3 aliphatic rings. The summed E-state index contributed by atoms with van der Waals surface area (Å²) >= 11 is 12.2. The lowest BCUT2D eigenvalue weighted by molar-refractivity contribution is -0.0975. The molecule has 4 rings (SSSR count). The third-order valence-electron chi connectivity index (χ3n) is 8.10. The minimum atomic E-state index is -0.224. The van der Waals surface area contributed by atoms with Crippen LogP contribution in [-0.2, 0) is 9.47 Å². The summed E-state index contributed by atoms with van der Waals surface area (Å²) in [5, 5.41) is 7.06. The van der Waals surface area contributed by atoms with Gasteiger partial charge in [0.05, 0.1) is 22.9 Å². The highest BCUT2D eigenvalue weighted by molar-refractivity contribution is 6.35. The highest BCUT2D eigenvalue weighted by Gasteiger charge is 2.54. The molecule has 0 bridgehead atoms. The Morgan fingerprint density at radius 1 is 1.09 bits per heavy atom. The molecule has 2 amide bonds. The zero-order chi connectivity index (χ0) is 22.9. The van der Waals surface area contributed by atoms with Gasteiger partial charge in [-0.3, -0.25) is 0 Å². The molecule has 0 radical (unpaired) electrons. The van der Waals surface area contributed by atoms with Crippen LogP contribution in [0.25, 0.3) is 0 Å². The molecule has 178 valence electrons. The van der Waals surface area contributed by atoms with E-state index in [1.54, 1.807) is 32.4 Å². The number of halogens is 2. The van der Waals surface area contributed by atoms with Crippen LogP contribution in [0.1, 0.15) is 38.5 Å². The average Bonchev–Trinajstić information content (AvgIpc) is 3.12. The van der Waals surface area contributed by atoms with Crippen LogP contribution in [0.5, 0.6) is 0 Å². The SMILES string of the molecule is COC1CCC([C@@]23CC[C@@H](NC(=O)Nc4cc(Cl)ccc4Cl)C[C@@H]2CN(C)C3)CC1OC. The van der Waals surface area contributed by atoms with E-state index in [0.717, 1.165) is 45.2 Å². The first kappa shape index (κ1) is 24.1. The molecule has 6 atom stereocenters. The Hall–Kier alpha value is -1.05. The Kier molecular flexibility index (Phi) is 7.57. The van der Waals surface area contributed by atoms with E-state index in [1.807, 2.05) is 0 Å². The van der Waals surface area contributed by atoms with Crippen LogP contribution in [0.3, 0.4) is 0 Å². The number of benzene rings is 1. The first-order valence-electron chi connectivity index (χ1n) is 11.6. The summed E-state index contributed by atoms with van der Waals surface area (Å²) in [6, 6.07) is 5.00. The van der Waals surface area contributed by atoms with Crippen molar-refractivity contribution in [3.63, 3.8) is 0 Å². The molecule has 32 heavy (non-hydrogen) atoms. The van der Waals surface area contributed by atoms with Crippen LogP contribution < -0.4 is 10.6 Å². The first-order chi connectivity index (χ1) is 15.3. The van der Waals surface area contributed by atoms with E-state index in [-0.39, 0.29) is 24.3 Å². The number of urea groups is 1. The molecule has 6 nitrogen and oxygen atoms in total. The maximum absolute atomic E-state index is 12.7. The fourth-order valence-electron chi connectivity index (χ4n) is 6.63. The highest BCUT2D eigenvalue weighted by Crippen LogP contribution is 2.55. The molecule has 3 unspecified atom stereocenters. The minimum absolute atomic E-state index is 0.158. The van der Waals surface area contributed by atoms with Crippen molar-refractivity contribution in [1.29, 1.82) is 0 Å². The predicted molar refractivity (Wildman–Crippen MR) is 129 cm³/mol. The summed E-state index contributed by atoms with van der Waals surface area (Å²) < 4.78 is 11.5. The smallest absolute Gasteiger partial charge is 0.319 e. The number of likely N-dealkylation sites (tertiary alicyclic amines) is 1. The number of anilines is 1. The quantitative estimate of drug-likeness (QED) is 0.615. The maximum Gasteiger partial charge on any atom is 0.319 e. The van der Waals surface area contributed by atoms with Crippen LogP contribution in [0.2, 0.25) is 10.0 Å². The summed E-state index contributed by atoms with van der Waals surface area (Å²) in [5.74, 6) is 1.21. The second kappa shape index (κ2) is 10.1. The number of nitrogens with zero attached hydrogens (tertiary/aromatic N) is 1. The van der Waals surface area contributed by atoms with Gasteiger partial charge in [0.1, 0.15) is 0 Å². The van der Waals surface area contributed by atoms with Gasteiger partial charge in [-0.2, -0.15) is 0 Å². The zero-order valence-electron chi connectivity index (χ0n) is 19.2. The summed E-state index contributed by atoms with van der Waals surface area (Å²) in [6.45, 7) is 2.22. The van der Waals surface area contributed by atoms with Crippen molar-refractivity contribution in [1.82, 2.24) is 10.2 Å². The van der Waals surface area contributed by atoms with Crippen LogP contribution in [0.15, 0.2) is 18.2 Å². The number of hydrogen-bond donors (Lipinski definition) is 2. The van der Waals surface area contributed by atoms with Crippen LogP contribution in [0.4, 0.5) is 10.5 Å². The van der Waals surface area contributed by atoms with Crippen molar-refractivity contribution in [2.24, 2.45) is 17.3 Å². The molecule has 1 heterocycles. The Morgan fingerprint density at radius 3 is 2.62 bits per heavy atom. The Morgan fingerprint density at radius 2 is 1.88 bits per heavy atom. The molecule has 2 N–H and O–H groups in total. The van der Waals surface area contributed by atoms with Crippen LogP contribution >= 0.6 is 23.2 Å². The summed E-state index contributed by atoms with van der Waals surface area (Å²) in [5.41, 5.74) is 0.831. The van der Waals surface area contributed by atoms with Gasteiger partial charge < -0.3 is 25.0 Å². The largest absolute Gasteiger partial charge is 0.379 e. The van der Waals surface area contributed by atoms with E-state index in [1.165, 1.54) is 6.42 Å². The van der Waals surface area contributed by atoms with Gasteiger partial charge in [0.2, 0.25) is 0 Å². The third-order valence-corrected chi connectivity index (χ3v) is 8.66. The standard InChI is InChI=1S/C24H35Cl2N3O3/c1-29-13-16-10-18(27-23(30)28-20-12-17(25)5-6-19(20)26)8-9-24(16,14-29)15-4-7-21(31-2)22(11-15)32-3/h5-6,12,15-16,18,21-22H,4,7-11,13-14H2,1-3H3,(H2,27,28,30)/t15?,16-,18-,21?,22?,24+/m1/s1. The summed E-state index contributed by atoms with van der Waals surface area (Å²) in [4.78, 5) is 15.1. The Labute approximate surface area is 201 Å². The number of amides is 2. The summed E-state index contributed by atoms with van der Waals surface area (Å²) in [7, 11) is 5.82. The van der Waals surface area contributed by atoms with E-state index in [0.29, 0.717) is 33.0 Å². The van der Waals surface area contributed by atoms with Gasteiger partial charge in [-0.15, -0.1) is 0 Å². The number of ether oxygens (including phenoxy) is 2. The third kappa shape index (κ3) is 4.90. The molecule has 0 aromatic heterocycles. The van der Waals surface area contributed by atoms with Crippen molar-refractivity contribution in [3.8, 4) is 0 Å². The molecule has 2 saturated carbocycles. The molecule has 0 spiro atoms. The number of fused-ring (bicyclic) bond motifs is 1. The maximum atomic E-state index is 12.7. The zero-order valence-corrected chi connectivity index (χ0v) is 20.7. The van der Waals surface area contributed by atoms with Crippen LogP contribution in [-0.4, -0.2) is 63.5 Å². The fraction of sp³-hybridized carbons (Fsp3) is 0.708. The molecule has 3 fully saturated rings. The van der Waals surface area contributed by atoms with Gasteiger partial charge >= 0.3 is 6.03 Å². The monoisotopic (exact) mass is 483 g/mol. The molecular weight excluding hydrogens is 449 g/mol. The van der Waals surface area contributed by atoms with Gasteiger partial charge in [-0.05, 0) is 81.0 Å². The van der Waals surface area contributed by atoms with Crippen molar-refractivity contribution < 1.29 is 14.3 Å². The molecule has 2 aliphatic carbocycles. The van der Waals surface area contributed by atoms with Gasteiger partial charge in [0.15, 0.2) is 0 Å². The molecule has 8 heteroatoms. The van der Waals surface area contributed by atoms with E-state index in [9.17, 15) is 4.79 Å². The Bertz CT molecular complexity index is 826. The highest BCUT2D eigenvalue weighted by atomic mass is 35.5. The van der Waals surface area contributed by atoms with E-state index < -0.39 is 0 Å². The van der Waals surface area contributed by atoms with Crippen molar-refractivity contribution in [2.45, 2.75) is 56.8 Å². The topological polar surface area (TPSA) is 62.8 Å². The number of rotatable bonds is 5. The van der Waals surface area contributed by atoms with Crippen molar-refractivity contribution in [2.75, 3.05) is 39.7 Å². The predicted octanol–water partition coefficient (Wildman–Crippen LogP) is 5.05. The number of hydrogen-bond acceptors (Lipinski definition) is 4. The van der Waals surface area contributed by atoms with E-state index in [2.05, 4.69) is 22.6 Å². The van der Waals surface area contributed by atoms with Gasteiger partial charge in [0, 0.05) is 38.4 Å². The molecule has 1 aromatic carbocycles. The lowest BCUT2D eigenvalue weighted by atomic mass is 9.57. The lowest BCUT2D eigenvalue weighted by Crippen LogP contribution is -2.51. The summed E-state index contributed by atoms with van der Waals surface area (Å²) in [6.07, 6.45) is 6.80. The average molecular weight is 484 g/mol. The van der Waals surface area contributed by atoms with Gasteiger partial charge in [-0.1, -0.05) is 23.2 Å². The number of carbonyl (C=O) groups excluding carboxylic acids is 1. The minimum Gasteiger partial charge on any atom is -0.379 e. The number of nitrogens with one attached hydrogen (secondary N) is 2.